The van der Waals surface area contributed by atoms with Crippen molar-refractivity contribution in [3.05, 3.63) is 12.2 Å². The predicted molar refractivity (Wildman–Crippen MR) is 70.3 cm³/mol. The van der Waals surface area contributed by atoms with Crippen molar-refractivity contribution >= 4 is 5.97 Å². The van der Waals surface area contributed by atoms with Crippen LogP contribution < -0.4 is 0 Å². The van der Waals surface area contributed by atoms with Crippen LogP contribution >= 0.6 is 0 Å². The summed E-state index contributed by atoms with van der Waals surface area (Å²) in [7, 11) is 0. The molecule has 0 aromatic rings. The number of ether oxygens (including phenoxy) is 1. The molecule has 4 nitrogen and oxygen atoms in total. The van der Waals surface area contributed by atoms with Crippen LogP contribution in [0.15, 0.2) is 12.2 Å². The molecular formula is C15H16F6O4. The number of aliphatic hydroxyl groups excluding tert-OH is 1. The number of carbonyl (C=O) groups is 1. The van der Waals surface area contributed by atoms with Gasteiger partial charge in [0.15, 0.2) is 0 Å². The van der Waals surface area contributed by atoms with E-state index in [2.05, 4.69) is 4.74 Å². The zero-order chi connectivity index (χ0) is 18.8. The highest BCUT2D eigenvalue weighted by Crippen LogP contribution is 2.63. The molecule has 3 rings (SSSR count). The first kappa shape index (κ1) is 18.5. The number of carboxylic acids is 1. The molecule has 2 N–H and O–H groups in total. The topological polar surface area (TPSA) is 66.8 Å². The van der Waals surface area contributed by atoms with Crippen LogP contribution in [0.5, 0.6) is 0 Å². The molecule has 10 heteroatoms. The van der Waals surface area contributed by atoms with Gasteiger partial charge in [0, 0.05) is 5.92 Å². The fraction of sp³-hybridized carbons (Fsp3) is 0.800. The molecule has 0 aromatic carbocycles. The second kappa shape index (κ2) is 5.60. The summed E-state index contributed by atoms with van der Waals surface area (Å²) >= 11 is 0. The number of halogens is 6. The molecule has 3 aliphatic carbocycles. The lowest BCUT2D eigenvalue weighted by atomic mass is 9.79. The predicted octanol–water partition coefficient (Wildman–Crippen LogP) is 2.77. The monoisotopic (exact) mass is 374 g/mol. The van der Waals surface area contributed by atoms with E-state index in [1.807, 2.05) is 0 Å². The van der Waals surface area contributed by atoms with E-state index in [4.69, 9.17) is 5.11 Å². The van der Waals surface area contributed by atoms with E-state index in [1.165, 1.54) is 0 Å². The van der Waals surface area contributed by atoms with E-state index in [0.717, 1.165) is 0 Å². The molecule has 6 unspecified atom stereocenters. The van der Waals surface area contributed by atoms with Gasteiger partial charge in [0.05, 0.1) is 6.10 Å². The standard InChI is InChI=1S/C15H16F6O4/c16-14(17,18)13(15(19,20)21,25-5-10(22)23)9-4-8-6-1-2-7(3-6)11(8)12(9)24/h1-2,6-9,11-12,24H,3-5H2,(H,22,23). The summed E-state index contributed by atoms with van der Waals surface area (Å²) in [5.41, 5.74) is -4.71. The molecule has 142 valence electrons. The highest BCUT2D eigenvalue weighted by molar-refractivity contribution is 5.68. The summed E-state index contributed by atoms with van der Waals surface area (Å²) in [4.78, 5) is 10.6. The summed E-state index contributed by atoms with van der Waals surface area (Å²) in [5, 5.41) is 18.9. The van der Waals surface area contributed by atoms with Crippen LogP contribution in [0.1, 0.15) is 12.8 Å². The Kier molecular flexibility index (Phi) is 4.15. The van der Waals surface area contributed by atoms with Gasteiger partial charge in [-0.3, -0.25) is 0 Å². The number of allylic oxidation sites excluding steroid dienone is 2. The van der Waals surface area contributed by atoms with Gasteiger partial charge in [-0.2, -0.15) is 26.3 Å². The maximum Gasteiger partial charge on any atom is 0.426 e. The van der Waals surface area contributed by atoms with Crippen molar-refractivity contribution in [2.24, 2.45) is 29.6 Å². The zero-order valence-corrected chi connectivity index (χ0v) is 12.7. The second-order valence-electron chi connectivity index (χ2n) is 6.94. The van der Waals surface area contributed by atoms with Crippen molar-refractivity contribution in [3.63, 3.8) is 0 Å². The number of hydrogen-bond donors (Lipinski definition) is 2. The van der Waals surface area contributed by atoms with Gasteiger partial charge in [0.2, 0.25) is 0 Å². The Labute approximate surface area is 138 Å². The molecule has 0 heterocycles. The van der Waals surface area contributed by atoms with E-state index in [-0.39, 0.29) is 11.8 Å². The van der Waals surface area contributed by atoms with Crippen molar-refractivity contribution < 1.29 is 46.1 Å². The molecule has 0 aliphatic heterocycles. The zero-order valence-electron chi connectivity index (χ0n) is 12.7. The van der Waals surface area contributed by atoms with Gasteiger partial charge in [-0.1, -0.05) is 12.2 Å². The molecule has 0 radical (unpaired) electrons. The quantitative estimate of drug-likeness (QED) is 0.587. The third-order valence-corrected chi connectivity index (χ3v) is 5.81. The van der Waals surface area contributed by atoms with Gasteiger partial charge >= 0.3 is 18.3 Å². The van der Waals surface area contributed by atoms with Crippen molar-refractivity contribution in [3.8, 4) is 0 Å². The van der Waals surface area contributed by atoms with Crippen LogP contribution in [-0.2, 0) is 9.53 Å². The van der Waals surface area contributed by atoms with Crippen LogP contribution in [0.3, 0.4) is 0 Å². The minimum Gasteiger partial charge on any atom is -0.480 e. The van der Waals surface area contributed by atoms with E-state index >= 15 is 0 Å². The van der Waals surface area contributed by atoms with Gasteiger partial charge in [-0.15, -0.1) is 0 Å². The Balaban J connectivity index is 2.01. The first-order valence-electron chi connectivity index (χ1n) is 7.75. The maximum absolute atomic E-state index is 13.6. The average molecular weight is 374 g/mol. The minimum absolute atomic E-state index is 0.159. The Bertz CT molecular complexity index is 570. The number of hydrogen-bond acceptors (Lipinski definition) is 3. The number of aliphatic carboxylic acids is 1. The summed E-state index contributed by atoms with van der Waals surface area (Å²) in [6.45, 7) is -1.76. The van der Waals surface area contributed by atoms with Crippen LogP contribution in [0.4, 0.5) is 26.3 Å². The molecule has 0 saturated heterocycles. The molecule has 0 aromatic heterocycles. The van der Waals surface area contributed by atoms with Crippen LogP contribution in [0, 0.1) is 29.6 Å². The van der Waals surface area contributed by atoms with Gasteiger partial charge in [0.25, 0.3) is 5.60 Å². The molecule has 0 amide bonds. The number of alkyl halides is 6. The average Bonchev–Trinajstić information content (AvgIpc) is 3.10. The smallest absolute Gasteiger partial charge is 0.426 e. The van der Waals surface area contributed by atoms with Crippen LogP contribution in [0.25, 0.3) is 0 Å². The molecule has 2 saturated carbocycles. The molecule has 2 fully saturated rings. The number of carboxylic acid groups (broad SMARTS) is 1. The van der Waals surface area contributed by atoms with Crippen molar-refractivity contribution in [1.82, 2.24) is 0 Å². The van der Waals surface area contributed by atoms with E-state index in [9.17, 15) is 36.2 Å². The van der Waals surface area contributed by atoms with E-state index < -0.39 is 60.8 Å². The second-order valence-corrected chi connectivity index (χ2v) is 6.94. The normalized spacial score (nSPS) is 37.6. The fourth-order valence-corrected chi connectivity index (χ4v) is 4.94. The number of aliphatic hydroxyl groups is 1. The van der Waals surface area contributed by atoms with Gasteiger partial charge in [0.1, 0.15) is 6.61 Å². The van der Waals surface area contributed by atoms with Gasteiger partial charge in [-0.25, -0.2) is 4.79 Å². The first-order valence-corrected chi connectivity index (χ1v) is 7.75. The molecule has 0 spiro atoms. The van der Waals surface area contributed by atoms with Crippen molar-refractivity contribution in [1.29, 1.82) is 0 Å². The van der Waals surface area contributed by atoms with Crippen molar-refractivity contribution in [2.75, 3.05) is 6.61 Å². The van der Waals surface area contributed by atoms with Crippen LogP contribution in [-0.4, -0.2) is 46.8 Å². The highest BCUT2D eigenvalue weighted by atomic mass is 19.4. The largest absolute Gasteiger partial charge is 0.480 e. The Morgan fingerprint density at radius 3 is 2.08 bits per heavy atom. The number of fused-ring (bicyclic) bond motifs is 5. The minimum atomic E-state index is -5.92. The maximum atomic E-state index is 13.6. The third-order valence-electron chi connectivity index (χ3n) is 5.81. The summed E-state index contributed by atoms with van der Waals surface area (Å²) in [6, 6.07) is 0. The van der Waals surface area contributed by atoms with Gasteiger partial charge < -0.3 is 14.9 Å². The molecule has 3 aliphatic rings. The van der Waals surface area contributed by atoms with E-state index in [0.29, 0.717) is 6.42 Å². The molecule has 25 heavy (non-hydrogen) atoms. The highest BCUT2D eigenvalue weighted by Gasteiger charge is 2.79. The summed E-state index contributed by atoms with van der Waals surface area (Å²) in [6.07, 6.45) is -10.1. The Morgan fingerprint density at radius 1 is 1.04 bits per heavy atom. The Hall–Kier alpha value is -1.29. The fourth-order valence-electron chi connectivity index (χ4n) is 4.94. The lowest BCUT2D eigenvalue weighted by molar-refractivity contribution is -0.401. The number of rotatable bonds is 4. The Morgan fingerprint density at radius 2 is 1.60 bits per heavy atom. The SMILES string of the molecule is O=C(O)COC(C1CC2C3C=CC(C3)C2C1O)(C(F)(F)F)C(F)(F)F. The summed E-state index contributed by atoms with van der Waals surface area (Å²) in [5.74, 6) is -5.86. The van der Waals surface area contributed by atoms with Crippen LogP contribution in [0.2, 0.25) is 0 Å². The molecule has 6 atom stereocenters. The summed E-state index contributed by atoms with van der Waals surface area (Å²) < 4.78 is 85.4. The molecule has 2 bridgehead atoms. The third kappa shape index (κ3) is 2.56. The first-order chi connectivity index (χ1) is 11.4. The van der Waals surface area contributed by atoms with Gasteiger partial charge in [-0.05, 0) is 36.5 Å². The van der Waals surface area contributed by atoms with E-state index in [1.54, 1.807) is 12.2 Å². The lowest BCUT2D eigenvalue weighted by Crippen LogP contribution is -2.65. The molecular weight excluding hydrogens is 358 g/mol. The van der Waals surface area contributed by atoms with Crippen molar-refractivity contribution in [2.45, 2.75) is 36.9 Å². The lowest BCUT2D eigenvalue weighted by Gasteiger charge is -2.42.